The quantitative estimate of drug-likeness (QED) is 0.519. The van der Waals surface area contributed by atoms with Crippen molar-refractivity contribution in [3.63, 3.8) is 0 Å². The number of carbonyl (C=O) groups is 1. The average Bonchev–Trinajstić information content (AvgIpc) is 3.19. The third-order valence-corrected chi connectivity index (χ3v) is 3.96. The standard InChI is InChI=1S/C20H20N4O3/c1-13-4-6-14(7-5-13)12-21-24-20(25)17-11-16(22-23-17)15-8-9-18(26-2)19(10-15)27-3/h4-12H,1-3H3,(H,22,23)(H,24,25). The SMILES string of the molecule is COc1ccc(-c2cc(C(=O)NN=Cc3ccc(C)cc3)[nH]n2)cc1OC. The van der Waals surface area contributed by atoms with Crippen molar-refractivity contribution in [1.29, 1.82) is 0 Å². The highest BCUT2D eigenvalue weighted by atomic mass is 16.5. The molecule has 3 aromatic rings. The Bertz CT molecular complexity index is 962. The largest absolute Gasteiger partial charge is 0.493 e. The minimum atomic E-state index is -0.377. The average molecular weight is 364 g/mol. The highest BCUT2D eigenvalue weighted by Crippen LogP contribution is 2.31. The summed E-state index contributed by atoms with van der Waals surface area (Å²) in [4.78, 5) is 12.2. The molecule has 27 heavy (non-hydrogen) atoms. The second-order valence-electron chi connectivity index (χ2n) is 5.85. The molecule has 1 heterocycles. The van der Waals surface area contributed by atoms with Crippen LogP contribution in [-0.4, -0.2) is 36.5 Å². The maximum absolute atomic E-state index is 12.2. The molecule has 0 spiro atoms. The first kappa shape index (κ1) is 18.2. The number of methoxy groups -OCH3 is 2. The van der Waals surface area contributed by atoms with Gasteiger partial charge >= 0.3 is 0 Å². The van der Waals surface area contributed by atoms with Crippen LogP contribution >= 0.6 is 0 Å². The molecule has 3 rings (SSSR count). The van der Waals surface area contributed by atoms with E-state index in [0.717, 1.165) is 16.7 Å². The van der Waals surface area contributed by atoms with Crippen LogP contribution in [0.15, 0.2) is 53.6 Å². The van der Waals surface area contributed by atoms with Gasteiger partial charge in [0.25, 0.3) is 5.91 Å². The van der Waals surface area contributed by atoms with Crippen LogP contribution in [0.5, 0.6) is 11.5 Å². The van der Waals surface area contributed by atoms with Crippen LogP contribution in [0.4, 0.5) is 0 Å². The number of aromatic nitrogens is 2. The van der Waals surface area contributed by atoms with Gasteiger partial charge in [-0.2, -0.15) is 10.2 Å². The van der Waals surface area contributed by atoms with Gasteiger partial charge in [-0.1, -0.05) is 29.8 Å². The maximum Gasteiger partial charge on any atom is 0.289 e. The lowest BCUT2D eigenvalue weighted by molar-refractivity contribution is 0.0950. The third-order valence-electron chi connectivity index (χ3n) is 3.96. The lowest BCUT2D eigenvalue weighted by Gasteiger charge is -2.08. The zero-order valence-corrected chi connectivity index (χ0v) is 15.3. The molecule has 0 aliphatic carbocycles. The van der Waals surface area contributed by atoms with Crippen LogP contribution < -0.4 is 14.9 Å². The van der Waals surface area contributed by atoms with Crippen molar-refractivity contribution in [2.75, 3.05) is 14.2 Å². The number of amides is 1. The van der Waals surface area contributed by atoms with E-state index >= 15 is 0 Å². The molecule has 0 radical (unpaired) electrons. The number of rotatable bonds is 6. The van der Waals surface area contributed by atoms with Gasteiger partial charge in [0.1, 0.15) is 5.69 Å². The molecule has 0 saturated carbocycles. The van der Waals surface area contributed by atoms with Crippen molar-refractivity contribution in [3.8, 4) is 22.8 Å². The van der Waals surface area contributed by atoms with E-state index in [1.54, 1.807) is 38.6 Å². The predicted molar refractivity (Wildman–Crippen MR) is 103 cm³/mol. The minimum Gasteiger partial charge on any atom is -0.493 e. The van der Waals surface area contributed by atoms with Crippen LogP contribution in [0.1, 0.15) is 21.6 Å². The molecule has 0 unspecified atom stereocenters. The van der Waals surface area contributed by atoms with Crippen molar-refractivity contribution < 1.29 is 14.3 Å². The Morgan fingerprint density at radius 2 is 1.81 bits per heavy atom. The molecule has 138 valence electrons. The van der Waals surface area contributed by atoms with Crippen molar-refractivity contribution >= 4 is 12.1 Å². The van der Waals surface area contributed by atoms with E-state index in [1.165, 1.54) is 0 Å². The van der Waals surface area contributed by atoms with Gasteiger partial charge in [0.05, 0.1) is 26.1 Å². The molecule has 1 aromatic heterocycles. The number of H-pyrrole nitrogens is 1. The molecule has 1 amide bonds. The summed E-state index contributed by atoms with van der Waals surface area (Å²) < 4.78 is 10.5. The van der Waals surface area contributed by atoms with Crippen LogP contribution in [0, 0.1) is 6.92 Å². The summed E-state index contributed by atoms with van der Waals surface area (Å²) in [5, 5.41) is 10.9. The molecular weight excluding hydrogens is 344 g/mol. The molecule has 0 saturated heterocycles. The van der Waals surface area contributed by atoms with E-state index in [-0.39, 0.29) is 5.91 Å². The molecule has 0 aliphatic heterocycles. The fraction of sp³-hybridized carbons (Fsp3) is 0.150. The Kier molecular flexibility index (Phi) is 5.51. The fourth-order valence-electron chi connectivity index (χ4n) is 2.46. The summed E-state index contributed by atoms with van der Waals surface area (Å²) in [6.45, 7) is 2.01. The molecule has 0 aliphatic rings. The Morgan fingerprint density at radius 3 is 2.52 bits per heavy atom. The van der Waals surface area contributed by atoms with Gasteiger partial charge in [-0.3, -0.25) is 9.89 Å². The van der Waals surface area contributed by atoms with Crippen LogP contribution in [0.25, 0.3) is 11.3 Å². The van der Waals surface area contributed by atoms with E-state index in [2.05, 4.69) is 20.7 Å². The van der Waals surface area contributed by atoms with Gasteiger partial charge in [-0.15, -0.1) is 0 Å². The first-order valence-corrected chi connectivity index (χ1v) is 8.28. The summed E-state index contributed by atoms with van der Waals surface area (Å²) in [7, 11) is 3.14. The lowest BCUT2D eigenvalue weighted by atomic mass is 10.1. The van der Waals surface area contributed by atoms with Crippen LogP contribution in [0.2, 0.25) is 0 Å². The fourth-order valence-corrected chi connectivity index (χ4v) is 2.46. The van der Waals surface area contributed by atoms with Gasteiger partial charge in [-0.25, -0.2) is 5.43 Å². The summed E-state index contributed by atoms with van der Waals surface area (Å²) >= 11 is 0. The van der Waals surface area contributed by atoms with Crippen molar-refractivity contribution in [3.05, 3.63) is 65.4 Å². The number of carbonyl (C=O) groups excluding carboxylic acids is 1. The van der Waals surface area contributed by atoms with Crippen LogP contribution in [-0.2, 0) is 0 Å². The van der Waals surface area contributed by atoms with E-state index in [1.807, 2.05) is 37.3 Å². The molecule has 7 heteroatoms. The molecule has 0 bridgehead atoms. The highest BCUT2D eigenvalue weighted by Gasteiger charge is 2.12. The molecular formula is C20H20N4O3. The number of nitrogens with one attached hydrogen (secondary N) is 2. The molecule has 0 fully saturated rings. The molecule has 2 N–H and O–H groups in total. The van der Waals surface area contributed by atoms with Gasteiger partial charge < -0.3 is 9.47 Å². The first-order chi connectivity index (χ1) is 13.1. The molecule has 7 nitrogen and oxygen atoms in total. The summed E-state index contributed by atoms with van der Waals surface area (Å²) in [6.07, 6.45) is 1.59. The summed E-state index contributed by atoms with van der Waals surface area (Å²) in [5.74, 6) is 0.837. The van der Waals surface area contributed by atoms with E-state index in [9.17, 15) is 4.79 Å². The van der Waals surface area contributed by atoms with Crippen molar-refractivity contribution in [2.24, 2.45) is 5.10 Å². The Morgan fingerprint density at radius 1 is 1.07 bits per heavy atom. The number of aromatic amines is 1. The minimum absolute atomic E-state index is 0.306. The lowest BCUT2D eigenvalue weighted by Crippen LogP contribution is -2.17. The topological polar surface area (TPSA) is 88.6 Å². The normalized spacial score (nSPS) is 10.8. The number of ether oxygens (including phenoxy) is 2. The van der Waals surface area contributed by atoms with Gasteiger partial charge in [0, 0.05) is 5.56 Å². The second-order valence-corrected chi connectivity index (χ2v) is 5.85. The number of benzene rings is 2. The van der Waals surface area contributed by atoms with E-state index in [4.69, 9.17) is 9.47 Å². The smallest absolute Gasteiger partial charge is 0.289 e. The van der Waals surface area contributed by atoms with E-state index < -0.39 is 0 Å². The van der Waals surface area contributed by atoms with Crippen molar-refractivity contribution in [2.45, 2.75) is 6.92 Å². The van der Waals surface area contributed by atoms with Gasteiger partial charge in [0.2, 0.25) is 0 Å². The monoisotopic (exact) mass is 364 g/mol. The summed E-state index contributed by atoms with van der Waals surface area (Å²) in [6, 6.07) is 14.9. The second kappa shape index (κ2) is 8.18. The van der Waals surface area contributed by atoms with Crippen LogP contribution in [0.3, 0.4) is 0 Å². The Hall–Kier alpha value is -3.61. The number of hydrogen-bond donors (Lipinski definition) is 2. The van der Waals surface area contributed by atoms with Gasteiger partial charge in [-0.05, 0) is 36.8 Å². The Labute approximate surface area is 157 Å². The van der Waals surface area contributed by atoms with Gasteiger partial charge in [0.15, 0.2) is 11.5 Å². The number of hydrazone groups is 1. The first-order valence-electron chi connectivity index (χ1n) is 8.28. The Balaban J connectivity index is 1.69. The number of hydrogen-bond acceptors (Lipinski definition) is 5. The maximum atomic E-state index is 12.2. The number of nitrogens with zero attached hydrogens (tertiary/aromatic N) is 2. The van der Waals surface area contributed by atoms with Crippen molar-refractivity contribution in [1.82, 2.24) is 15.6 Å². The van der Waals surface area contributed by atoms with E-state index in [0.29, 0.717) is 22.9 Å². The molecule has 2 aromatic carbocycles. The number of aryl methyl sites for hydroxylation is 1. The zero-order valence-electron chi connectivity index (χ0n) is 15.3. The highest BCUT2D eigenvalue weighted by molar-refractivity contribution is 5.94. The predicted octanol–water partition coefficient (Wildman–Crippen LogP) is 3.17. The third kappa shape index (κ3) is 4.33. The summed E-state index contributed by atoms with van der Waals surface area (Å²) in [5.41, 5.74) is 6.26. The molecule has 0 atom stereocenters. The zero-order chi connectivity index (χ0) is 19.2.